The normalized spacial score (nSPS) is 29.0. The third kappa shape index (κ3) is 3.21. The molecule has 4 atom stereocenters. The number of para-hydroxylation sites is 1. The van der Waals surface area contributed by atoms with E-state index in [1.807, 2.05) is 18.2 Å². The second-order valence-corrected chi connectivity index (χ2v) is 6.77. The van der Waals surface area contributed by atoms with Crippen LogP contribution in [0.2, 0.25) is 0 Å². The standard InChI is InChI=1S/C18H26N2O3/c1-11(2)12-6-4-5-7-15(12)19-18(21)20-16-13-8-9-23-17(13)14(16)10-22-3/h4-7,11,13-14,16-17H,8-10H2,1-3H3,(H2,19,20,21)/t13-,14+,16-,17-/m1/s1. The molecule has 2 N–H and O–H groups in total. The summed E-state index contributed by atoms with van der Waals surface area (Å²) in [6.45, 7) is 5.65. The molecule has 23 heavy (non-hydrogen) atoms. The molecule has 1 aliphatic heterocycles. The van der Waals surface area contributed by atoms with Crippen LogP contribution in [0.15, 0.2) is 24.3 Å². The Balaban J connectivity index is 1.63. The number of fused-ring (bicyclic) bond motifs is 1. The van der Waals surface area contributed by atoms with Gasteiger partial charge in [0.1, 0.15) is 0 Å². The molecular weight excluding hydrogens is 292 g/mol. The van der Waals surface area contributed by atoms with Crippen molar-refractivity contribution in [2.45, 2.75) is 38.3 Å². The van der Waals surface area contributed by atoms with Gasteiger partial charge in [-0.3, -0.25) is 0 Å². The first-order valence-corrected chi connectivity index (χ1v) is 8.38. The molecule has 2 amide bonds. The van der Waals surface area contributed by atoms with Gasteiger partial charge in [-0.1, -0.05) is 32.0 Å². The minimum Gasteiger partial charge on any atom is -0.384 e. The second kappa shape index (κ2) is 6.89. The van der Waals surface area contributed by atoms with Gasteiger partial charge in [-0.25, -0.2) is 4.79 Å². The molecule has 0 spiro atoms. The molecule has 5 heteroatoms. The molecule has 126 valence electrons. The largest absolute Gasteiger partial charge is 0.384 e. The van der Waals surface area contributed by atoms with Crippen molar-refractivity contribution in [3.63, 3.8) is 0 Å². The number of urea groups is 1. The molecular formula is C18H26N2O3. The van der Waals surface area contributed by atoms with Crippen LogP contribution in [0.5, 0.6) is 0 Å². The third-order valence-electron chi connectivity index (χ3n) is 5.02. The van der Waals surface area contributed by atoms with Crippen molar-refractivity contribution in [2.75, 3.05) is 25.6 Å². The summed E-state index contributed by atoms with van der Waals surface area (Å²) in [7, 11) is 1.69. The van der Waals surface area contributed by atoms with Gasteiger partial charge in [0, 0.05) is 37.3 Å². The van der Waals surface area contributed by atoms with Gasteiger partial charge >= 0.3 is 6.03 Å². The number of amides is 2. The third-order valence-corrected chi connectivity index (χ3v) is 5.02. The molecule has 1 aromatic rings. The van der Waals surface area contributed by atoms with Crippen LogP contribution in [0.3, 0.4) is 0 Å². The topological polar surface area (TPSA) is 59.6 Å². The summed E-state index contributed by atoms with van der Waals surface area (Å²) in [5.74, 6) is 1.03. The van der Waals surface area contributed by atoms with E-state index in [-0.39, 0.29) is 24.1 Å². The predicted molar refractivity (Wildman–Crippen MR) is 89.7 cm³/mol. The maximum atomic E-state index is 12.4. The molecule has 2 aliphatic rings. The van der Waals surface area contributed by atoms with Crippen LogP contribution in [-0.2, 0) is 9.47 Å². The average molecular weight is 318 g/mol. The lowest BCUT2D eigenvalue weighted by molar-refractivity contribution is -0.0798. The van der Waals surface area contributed by atoms with Crippen molar-refractivity contribution in [1.82, 2.24) is 5.32 Å². The molecule has 0 aromatic heterocycles. The van der Waals surface area contributed by atoms with E-state index >= 15 is 0 Å². The van der Waals surface area contributed by atoms with E-state index in [1.165, 1.54) is 0 Å². The van der Waals surface area contributed by atoms with Gasteiger partial charge in [-0.05, 0) is 24.0 Å². The summed E-state index contributed by atoms with van der Waals surface area (Å²) >= 11 is 0. The Kier molecular flexibility index (Phi) is 4.87. The first kappa shape index (κ1) is 16.3. The lowest BCUT2D eigenvalue weighted by Gasteiger charge is -2.47. The minimum atomic E-state index is -0.144. The molecule has 1 aliphatic carbocycles. The van der Waals surface area contributed by atoms with Gasteiger partial charge in [0.05, 0.1) is 12.7 Å². The number of carbonyl (C=O) groups excluding carboxylic acids is 1. The number of anilines is 1. The van der Waals surface area contributed by atoms with E-state index in [0.29, 0.717) is 18.4 Å². The number of methoxy groups -OCH3 is 1. The van der Waals surface area contributed by atoms with Crippen molar-refractivity contribution in [3.8, 4) is 0 Å². The molecule has 1 saturated carbocycles. The van der Waals surface area contributed by atoms with Gasteiger partial charge in [-0.2, -0.15) is 0 Å². The van der Waals surface area contributed by atoms with Crippen LogP contribution in [0, 0.1) is 11.8 Å². The Bertz CT molecular complexity index is 561. The SMILES string of the molecule is COC[C@H]1[C@H](NC(=O)Nc2ccccc2C(C)C)[C@H]2CCO[C@H]21. The molecule has 0 unspecified atom stereocenters. The van der Waals surface area contributed by atoms with E-state index in [4.69, 9.17) is 9.47 Å². The van der Waals surface area contributed by atoms with Crippen LogP contribution < -0.4 is 10.6 Å². The van der Waals surface area contributed by atoms with Gasteiger partial charge in [0.15, 0.2) is 0 Å². The Hall–Kier alpha value is -1.59. The van der Waals surface area contributed by atoms with Gasteiger partial charge < -0.3 is 20.1 Å². The highest BCUT2D eigenvalue weighted by atomic mass is 16.5. The highest BCUT2D eigenvalue weighted by Crippen LogP contribution is 2.43. The molecule has 1 heterocycles. The van der Waals surface area contributed by atoms with E-state index in [0.717, 1.165) is 24.3 Å². The highest BCUT2D eigenvalue weighted by Gasteiger charge is 2.54. The predicted octanol–water partition coefficient (Wildman–Crippen LogP) is 2.98. The number of hydrogen-bond donors (Lipinski definition) is 2. The number of benzene rings is 1. The van der Waals surface area contributed by atoms with Crippen LogP contribution in [-0.4, -0.2) is 38.5 Å². The fraction of sp³-hybridized carbons (Fsp3) is 0.611. The zero-order valence-electron chi connectivity index (χ0n) is 14.0. The summed E-state index contributed by atoms with van der Waals surface area (Å²) in [6, 6.07) is 7.93. The van der Waals surface area contributed by atoms with Gasteiger partial charge in [0.25, 0.3) is 0 Å². The minimum absolute atomic E-state index is 0.133. The molecule has 0 radical (unpaired) electrons. The van der Waals surface area contributed by atoms with E-state index in [1.54, 1.807) is 7.11 Å². The van der Waals surface area contributed by atoms with Crippen LogP contribution >= 0.6 is 0 Å². The molecule has 2 fully saturated rings. The zero-order valence-corrected chi connectivity index (χ0v) is 14.0. The monoisotopic (exact) mass is 318 g/mol. The zero-order chi connectivity index (χ0) is 16.4. The maximum absolute atomic E-state index is 12.4. The fourth-order valence-corrected chi connectivity index (χ4v) is 3.86. The second-order valence-electron chi connectivity index (χ2n) is 6.77. The van der Waals surface area contributed by atoms with E-state index < -0.39 is 0 Å². The summed E-state index contributed by atoms with van der Waals surface area (Å²) in [5, 5.41) is 6.13. The van der Waals surface area contributed by atoms with Crippen molar-refractivity contribution < 1.29 is 14.3 Å². The number of nitrogens with one attached hydrogen (secondary N) is 2. The van der Waals surface area contributed by atoms with Gasteiger partial charge in [-0.15, -0.1) is 0 Å². The molecule has 1 saturated heterocycles. The Morgan fingerprint density at radius 1 is 1.39 bits per heavy atom. The molecule has 0 bridgehead atoms. The Morgan fingerprint density at radius 2 is 2.17 bits per heavy atom. The van der Waals surface area contributed by atoms with Crippen molar-refractivity contribution in [3.05, 3.63) is 29.8 Å². The van der Waals surface area contributed by atoms with Crippen molar-refractivity contribution in [2.24, 2.45) is 11.8 Å². The summed E-state index contributed by atoms with van der Waals surface area (Å²) in [4.78, 5) is 12.4. The number of ether oxygens (including phenoxy) is 2. The number of rotatable bonds is 5. The first-order valence-electron chi connectivity index (χ1n) is 8.38. The average Bonchev–Trinajstić information content (AvgIpc) is 2.95. The lowest BCUT2D eigenvalue weighted by Crippen LogP contribution is -2.63. The van der Waals surface area contributed by atoms with Crippen molar-refractivity contribution in [1.29, 1.82) is 0 Å². The summed E-state index contributed by atoms with van der Waals surface area (Å²) in [5.41, 5.74) is 2.02. The maximum Gasteiger partial charge on any atom is 0.319 e. The molecule has 5 nitrogen and oxygen atoms in total. The summed E-state index contributed by atoms with van der Waals surface area (Å²) < 4.78 is 11.0. The first-order chi connectivity index (χ1) is 11.1. The van der Waals surface area contributed by atoms with Crippen LogP contribution in [0.25, 0.3) is 0 Å². The summed E-state index contributed by atoms with van der Waals surface area (Å²) in [6.07, 6.45) is 1.25. The lowest BCUT2D eigenvalue weighted by atomic mass is 9.67. The van der Waals surface area contributed by atoms with Gasteiger partial charge in [0.2, 0.25) is 0 Å². The Labute approximate surface area is 137 Å². The highest BCUT2D eigenvalue weighted by molar-refractivity contribution is 5.90. The van der Waals surface area contributed by atoms with Crippen molar-refractivity contribution >= 4 is 11.7 Å². The number of carbonyl (C=O) groups is 1. The molecule has 3 rings (SSSR count). The Morgan fingerprint density at radius 3 is 2.91 bits per heavy atom. The fourth-order valence-electron chi connectivity index (χ4n) is 3.86. The number of hydrogen-bond acceptors (Lipinski definition) is 3. The van der Waals surface area contributed by atoms with Crippen LogP contribution in [0.4, 0.5) is 10.5 Å². The van der Waals surface area contributed by atoms with Crippen LogP contribution in [0.1, 0.15) is 31.7 Å². The quantitative estimate of drug-likeness (QED) is 0.877. The van der Waals surface area contributed by atoms with E-state index in [9.17, 15) is 4.79 Å². The molecule has 1 aromatic carbocycles. The van der Waals surface area contributed by atoms with E-state index in [2.05, 4.69) is 30.5 Å². The smallest absolute Gasteiger partial charge is 0.319 e.